The molecule has 0 aromatic carbocycles. The molecule has 23 heavy (non-hydrogen) atoms. The Bertz CT molecular complexity index is 372. The molecule has 0 spiro atoms. The number of ether oxygens (including phenoxy) is 2. The molecule has 0 fully saturated rings. The van der Waals surface area contributed by atoms with Crippen LogP contribution in [0.3, 0.4) is 0 Å². The number of carbonyl (C=O) groups is 2. The van der Waals surface area contributed by atoms with Crippen molar-refractivity contribution in [1.82, 2.24) is 5.32 Å². The van der Waals surface area contributed by atoms with Gasteiger partial charge in [-0.05, 0) is 27.7 Å². The highest BCUT2D eigenvalue weighted by atomic mass is 28.4. The number of esters is 1. The van der Waals surface area contributed by atoms with Gasteiger partial charge < -0.3 is 28.1 Å². The number of amides is 1. The molecule has 0 aliphatic heterocycles. The van der Waals surface area contributed by atoms with Crippen LogP contribution in [0, 0.1) is 0 Å². The largest absolute Gasteiger partial charge is 0.540 e. The second-order valence-electron chi connectivity index (χ2n) is 4.40. The molecule has 1 N–H and O–H groups in total. The van der Waals surface area contributed by atoms with E-state index in [0.717, 1.165) is 0 Å². The molecular weight excluding hydrogens is 322 g/mol. The van der Waals surface area contributed by atoms with Gasteiger partial charge in [-0.3, -0.25) is 0 Å². The summed E-state index contributed by atoms with van der Waals surface area (Å²) in [6.07, 6.45) is -0.743. The first-order valence-electron chi connectivity index (χ1n) is 7.55. The zero-order valence-corrected chi connectivity index (χ0v) is 15.3. The molecule has 0 aliphatic rings. The van der Waals surface area contributed by atoms with Crippen LogP contribution in [0.2, 0.25) is 0 Å². The van der Waals surface area contributed by atoms with Gasteiger partial charge in [-0.15, -0.1) is 0 Å². The third kappa shape index (κ3) is 9.34. The van der Waals surface area contributed by atoms with Gasteiger partial charge in [0.2, 0.25) is 0 Å². The molecule has 8 nitrogen and oxygen atoms in total. The Balaban J connectivity index is 4.20. The van der Waals surface area contributed by atoms with Gasteiger partial charge in [0.15, 0.2) is 6.23 Å². The first-order chi connectivity index (χ1) is 10.9. The molecule has 0 radical (unpaired) electrons. The zero-order chi connectivity index (χ0) is 17.7. The van der Waals surface area contributed by atoms with E-state index in [0.29, 0.717) is 25.4 Å². The minimum absolute atomic E-state index is 0.0335. The average molecular weight is 349 g/mol. The van der Waals surface area contributed by atoms with Crippen LogP contribution in [0.5, 0.6) is 0 Å². The third-order valence-electron chi connectivity index (χ3n) is 2.43. The van der Waals surface area contributed by atoms with Crippen molar-refractivity contribution < 1.29 is 32.3 Å². The van der Waals surface area contributed by atoms with Crippen molar-refractivity contribution in [2.45, 2.75) is 27.7 Å². The molecule has 0 unspecified atom stereocenters. The summed E-state index contributed by atoms with van der Waals surface area (Å²) in [6.45, 7) is 11.8. The van der Waals surface area contributed by atoms with Crippen LogP contribution in [0.4, 0.5) is 4.79 Å². The lowest BCUT2D eigenvalue weighted by Crippen LogP contribution is -2.52. The number of alkyl carbamates (subject to hydrolysis) is 1. The van der Waals surface area contributed by atoms with E-state index in [9.17, 15) is 9.59 Å². The maximum absolute atomic E-state index is 11.6. The molecule has 0 atom stereocenters. The Kier molecular flexibility index (Phi) is 11.3. The quantitative estimate of drug-likeness (QED) is 0.246. The highest BCUT2D eigenvalue weighted by Crippen LogP contribution is 2.10. The second kappa shape index (κ2) is 12.1. The summed E-state index contributed by atoms with van der Waals surface area (Å²) in [5.41, 5.74) is 0.300. The molecule has 134 valence electrons. The van der Waals surface area contributed by atoms with Crippen molar-refractivity contribution in [3.8, 4) is 0 Å². The second-order valence-corrected chi connectivity index (χ2v) is 6.92. The minimum atomic E-state index is -3.02. The van der Waals surface area contributed by atoms with Crippen LogP contribution in [-0.2, 0) is 27.5 Å². The van der Waals surface area contributed by atoms with Crippen molar-refractivity contribution in [2.24, 2.45) is 0 Å². The van der Waals surface area contributed by atoms with Crippen LogP contribution < -0.4 is 5.32 Å². The van der Waals surface area contributed by atoms with E-state index >= 15 is 0 Å². The van der Waals surface area contributed by atoms with Gasteiger partial charge in [-0.25, -0.2) is 9.59 Å². The van der Waals surface area contributed by atoms with Crippen LogP contribution >= 0.6 is 0 Å². The molecule has 0 aromatic heterocycles. The maximum Gasteiger partial charge on any atom is 0.540 e. The monoisotopic (exact) mass is 349 g/mol. The summed E-state index contributed by atoms with van der Waals surface area (Å²) in [5.74, 6) is -0.504. The van der Waals surface area contributed by atoms with Crippen molar-refractivity contribution in [1.29, 1.82) is 0 Å². The van der Waals surface area contributed by atoms with Crippen molar-refractivity contribution in [3.63, 3.8) is 0 Å². The molecule has 0 aliphatic carbocycles. The van der Waals surface area contributed by atoms with E-state index in [1.165, 1.54) is 0 Å². The first kappa shape index (κ1) is 21.6. The fourth-order valence-corrected chi connectivity index (χ4v) is 3.66. The Morgan fingerprint density at radius 1 is 1.00 bits per heavy atom. The van der Waals surface area contributed by atoms with Gasteiger partial charge in [0.05, 0.1) is 6.54 Å². The van der Waals surface area contributed by atoms with Gasteiger partial charge >= 0.3 is 20.9 Å². The SMILES string of the molecule is C=C(C)C(=O)OCCNC(=O)OC[Si](OCC)(OCC)OCC. The number of hydrogen-bond donors (Lipinski definition) is 1. The Morgan fingerprint density at radius 2 is 1.52 bits per heavy atom. The summed E-state index contributed by atoms with van der Waals surface area (Å²) >= 11 is 0. The van der Waals surface area contributed by atoms with Gasteiger partial charge in [-0.1, -0.05) is 6.58 Å². The van der Waals surface area contributed by atoms with Crippen LogP contribution in [0.15, 0.2) is 12.2 Å². The molecule has 0 rings (SSSR count). The van der Waals surface area contributed by atoms with E-state index in [-0.39, 0.29) is 19.4 Å². The van der Waals surface area contributed by atoms with E-state index < -0.39 is 20.9 Å². The van der Waals surface area contributed by atoms with E-state index in [2.05, 4.69) is 11.9 Å². The highest BCUT2D eigenvalue weighted by Gasteiger charge is 2.42. The van der Waals surface area contributed by atoms with Crippen LogP contribution in [-0.4, -0.2) is 60.1 Å². The van der Waals surface area contributed by atoms with E-state index in [1.807, 2.05) is 20.8 Å². The Morgan fingerprint density at radius 3 is 1.96 bits per heavy atom. The molecule has 1 amide bonds. The molecule has 0 bridgehead atoms. The summed E-state index contributed by atoms with van der Waals surface area (Å²) in [4.78, 5) is 22.8. The minimum Gasteiger partial charge on any atom is -0.460 e. The summed E-state index contributed by atoms with van der Waals surface area (Å²) in [5, 5.41) is 2.46. The molecule has 0 aromatic rings. The maximum atomic E-state index is 11.6. The number of nitrogens with one attached hydrogen (secondary N) is 1. The van der Waals surface area contributed by atoms with Gasteiger partial charge in [0, 0.05) is 25.4 Å². The predicted octanol–water partition coefficient (Wildman–Crippen LogP) is 1.42. The predicted molar refractivity (Wildman–Crippen MR) is 85.8 cm³/mol. The number of carbonyl (C=O) groups excluding carboxylic acids is 2. The third-order valence-corrected chi connectivity index (χ3v) is 5.11. The highest BCUT2D eigenvalue weighted by molar-refractivity contribution is 6.60. The Hall–Kier alpha value is -1.42. The fraction of sp³-hybridized carbons (Fsp3) is 0.714. The number of hydrogen-bond acceptors (Lipinski definition) is 7. The summed E-state index contributed by atoms with van der Waals surface area (Å²) in [6, 6.07) is 0. The molecule has 0 heterocycles. The molecule has 0 saturated heterocycles. The average Bonchev–Trinajstić information content (AvgIpc) is 2.50. The van der Waals surface area contributed by atoms with Gasteiger partial charge in [-0.2, -0.15) is 0 Å². The lowest BCUT2D eigenvalue weighted by molar-refractivity contribution is -0.138. The van der Waals surface area contributed by atoms with Crippen LogP contribution in [0.1, 0.15) is 27.7 Å². The Labute approximate surface area is 138 Å². The lowest BCUT2D eigenvalue weighted by atomic mass is 10.4. The molecular formula is C14H27NO7Si. The van der Waals surface area contributed by atoms with Gasteiger partial charge in [0.1, 0.15) is 6.61 Å². The smallest absolute Gasteiger partial charge is 0.460 e. The molecule has 9 heteroatoms. The van der Waals surface area contributed by atoms with Crippen molar-refractivity contribution in [3.05, 3.63) is 12.2 Å². The lowest BCUT2D eigenvalue weighted by Gasteiger charge is -2.27. The van der Waals surface area contributed by atoms with E-state index in [1.54, 1.807) is 6.92 Å². The zero-order valence-electron chi connectivity index (χ0n) is 14.3. The topological polar surface area (TPSA) is 92.3 Å². The van der Waals surface area contributed by atoms with Crippen molar-refractivity contribution in [2.75, 3.05) is 39.2 Å². The summed E-state index contributed by atoms with van der Waals surface area (Å²) < 4.78 is 26.6. The summed E-state index contributed by atoms with van der Waals surface area (Å²) in [7, 11) is -3.02. The molecule has 0 saturated carbocycles. The standard InChI is InChI=1S/C14H27NO7Si/c1-6-20-23(21-7-2,22-8-3)11-19-14(17)15-9-10-18-13(16)12(4)5/h4,6-11H2,1-3,5H3,(H,15,17). The van der Waals surface area contributed by atoms with Gasteiger partial charge in [0.25, 0.3) is 0 Å². The van der Waals surface area contributed by atoms with Crippen LogP contribution in [0.25, 0.3) is 0 Å². The normalized spacial score (nSPS) is 11.0. The van der Waals surface area contributed by atoms with Crippen molar-refractivity contribution >= 4 is 20.9 Å². The fourth-order valence-electron chi connectivity index (χ4n) is 1.53. The van der Waals surface area contributed by atoms with E-state index in [4.69, 9.17) is 22.8 Å². The number of rotatable bonds is 12. The first-order valence-corrected chi connectivity index (χ1v) is 9.49.